The summed E-state index contributed by atoms with van der Waals surface area (Å²) in [5.74, 6) is 0.865. The van der Waals surface area contributed by atoms with E-state index in [0.717, 1.165) is 68.5 Å². The van der Waals surface area contributed by atoms with Gasteiger partial charge in [0, 0.05) is 30.2 Å². The maximum atomic E-state index is 12.1. The molecule has 1 heterocycles. The van der Waals surface area contributed by atoms with Crippen molar-refractivity contribution in [2.75, 3.05) is 33.3 Å². The summed E-state index contributed by atoms with van der Waals surface area (Å²) in [4.78, 5) is 12.4. The largest absolute Gasteiger partial charge is 0.493 e. The molecule has 0 radical (unpaired) electrons. The average molecular weight is 536 g/mol. The van der Waals surface area contributed by atoms with Crippen LogP contribution in [0, 0.1) is 0 Å². The van der Waals surface area contributed by atoms with Crippen LogP contribution in [0.25, 0.3) is 0 Å². The molecule has 1 saturated heterocycles. The molecule has 0 aliphatic carbocycles. The number of halogens is 1. The second-order valence-electron chi connectivity index (χ2n) is 8.71. The highest BCUT2D eigenvalue weighted by atomic mass is 35.5. The number of rotatable bonds is 13. The molecule has 0 amide bonds. The fourth-order valence-electron chi connectivity index (χ4n) is 3.63. The number of benzene rings is 2. The average Bonchev–Trinajstić information content (AvgIpc) is 3.41. The van der Waals surface area contributed by atoms with Crippen molar-refractivity contribution in [3.63, 3.8) is 0 Å². The highest BCUT2D eigenvalue weighted by Gasteiger charge is 2.13. The number of sulfonamides is 1. The van der Waals surface area contributed by atoms with Crippen LogP contribution in [0.15, 0.2) is 60.0 Å². The molecule has 2 aromatic carbocycles. The van der Waals surface area contributed by atoms with E-state index >= 15 is 0 Å². The van der Waals surface area contributed by atoms with E-state index in [-0.39, 0.29) is 17.5 Å². The van der Waals surface area contributed by atoms with E-state index in [1.807, 2.05) is 37.4 Å². The molecule has 1 aliphatic rings. The summed E-state index contributed by atoms with van der Waals surface area (Å²) >= 11 is 6.16. The third-order valence-electron chi connectivity index (χ3n) is 5.62. The molecule has 9 heteroatoms. The van der Waals surface area contributed by atoms with Crippen LogP contribution in [-0.2, 0) is 27.8 Å². The van der Waals surface area contributed by atoms with Gasteiger partial charge in [-0.1, -0.05) is 36.7 Å². The standard InChI is InChI=1S/C22H29ClN2O3S.C5H9NO/c1-4-13-24-29(26,27)21-9-6-18(7-10-21)12-14-25(3)17-19-16-20(23)8-11-22(19)28-15-5-2;7-4-5-2-1-3-6-5/h4,6-11,16,24H,1,5,12-15,17H2,2-3H3;4-6H,1-3H2. The molecule has 198 valence electrons. The molecule has 2 N–H and O–H groups in total. The van der Waals surface area contributed by atoms with Gasteiger partial charge in [0.2, 0.25) is 10.0 Å². The fourth-order valence-corrected chi connectivity index (χ4v) is 4.82. The summed E-state index contributed by atoms with van der Waals surface area (Å²) in [6, 6.07) is 12.8. The second kappa shape index (κ2) is 15.8. The van der Waals surface area contributed by atoms with Gasteiger partial charge in [-0.2, -0.15) is 0 Å². The highest BCUT2D eigenvalue weighted by molar-refractivity contribution is 7.89. The first-order valence-electron chi connectivity index (χ1n) is 12.3. The number of nitrogens with one attached hydrogen (secondary N) is 2. The monoisotopic (exact) mass is 535 g/mol. The lowest BCUT2D eigenvalue weighted by molar-refractivity contribution is -0.109. The molecule has 1 fully saturated rings. The first-order chi connectivity index (χ1) is 17.3. The topological polar surface area (TPSA) is 87.7 Å². The van der Waals surface area contributed by atoms with E-state index in [1.165, 1.54) is 6.08 Å². The molecule has 0 bridgehead atoms. The molecule has 2 aromatic rings. The summed E-state index contributed by atoms with van der Waals surface area (Å²) < 4.78 is 32.5. The Morgan fingerprint density at radius 3 is 2.58 bits per heavy atom. The predicted octanol–water partition coefficient (Wildman–Crippen LogP) is 4.20. The normalized spacial score (nSPS) is 15.3. The van der Waals surface area contributed by atoms with E-state index in [9.17, 15) is 13.2 Å². The maximum Gasteiger partial charge on any atom is 0.240 e. The van der Waals surface area contributed by atoms with Gasteiger partial charge in [0.25, 0.3) is 0 Å². The molecule has 0 aromatic heterocycles. The SMILES string of the molecule is C=CCNS(=O)(=O)c1ccc(CCN(C)Cc2cc(Cl)ccc2OCCC)cc1.O=CC1CCCN1. The Labute approximate surface area is 220 Å². The number of ether oxygens (including phenoxy) is 1. The summed E-state index contributed by atoms with van der Waals surface area (Å²) in [6.45, 7) is 9.04. The van der Waals surface area contributed by atoms with Crippen molar-refractivity contribution in [2.45, 2.75) is 50.1 Å². The number of hydrogen-bond donors (Lipinski definition) is 2. The Hall–Kier alpha value is -2.23. The molecule has 0 saturated carbocycles. The fraction of sp³-hybridized carbons (Fsp3) is 0.444. The lowest BCUT2D eigenvalue weighted by Crippen LogP contribution is -2.23. The van der Waals surface area contributed by atoms with Crippen molar-refractivity contribution in [1.82, 2.24) is 14.9 Å². The van der Waals surface area contributed by atoms with E-state index in [0.29, 0.717) is 11.6 Å². The zero-order valence-corrected chi connectivity index (χ0v) is 22.8. The smallest absolute Gasteiger partial charge is 0.240 e. The highest BCUT2D eigenvalue weighted by Crippen LogP contribution is 2.24. The van der Waals surface area contributed by atoms with Gasteiger partial charge in [-0.3, -0.25) is 0 Å². The molecule has 0 spiro atoms. The van der Waals surface area contributed by atoms with Gasteiger partial charge in [-0.25, -0.2) is 13.1 Å². The third kappa shape index (κ3) is 10.4. The Balaban J connectivity index is 0.000000558. The van der Waals surface area contributed by atoms with Crippen LogP contribution >= 0.6 is 11.6 Å². The van der Waals surface area contributed by atoms with Crippen LogP contribution in [0.4, 0.5) is 0 Å². The van der Waals surface area contributed by atoms with E-state index in [4.69, 9.17) is 16.3 Å². The molecule has 36 heavy (non-hydrogen) atoms. The zero-order chi connectivity index (χ0) is 26.4. The van der Waals surface area contributed by atoms with Crippen molar-refractivity contribution in [1.29, 1.82) is 0 Å². The Bertz CT molecular complexity index is 1060. The van der Waals surface area contributed by atoms with E-state index in [1.54, 1.807) is 12.1 Å². The molecule has 1 aliphatic heterocycles. The number of hydrogen-bond acceptors (Lipinski definition) is 6. The quantitative estimate of drug-likeness (QED) is 0.295. The maximum absolute atomic E-state index is 12.1. The number of nitrogens with zero attached hydrogens (tertiary/aromatic N) is 1. The van der Waals surface area contributed by atoms with Crippen molar-refractivity contribution in [3.05, 3.63) is 71.3 Å². The van der Waals surface area contributed by atoms with Crippen molar-refractivity contribution >= 4 is 27.9 Å². The van der Waals surface area contributed by atoms with E-state index < -0.39 is 10.0 Å². The second-order valence-corrected chi connectivity index (χ2v) is 10.9. The van der Waals surface area contributed by atoms with Crippen molar-refractivity contribution in [3.8, 4) is 5.75 Å². The molecule has 1 atom stereocenters. The Kier molecular flexibility index (Phi) is 13.2. The van der Waals surface area contributed by atoms with Gasteiger partial charge in [-0.05, 0) is 75.2 Å². The van der Waals surface area contributed by atoms with Crippen LogP contribution < -0.4 is 14.8 Å². The zero-order valence-electron chi connectivity index (χ0n) is 21.2. The van der Waals surface area contributed by atoms with Crippen molar-refractivity contribution < 1.29 is 17.9 Å². The minimum Gasteiger partial charge on any atom is -0.493 e. The minimum absolute atomic E-state index is 0.167. The van der Waals surface area contributed by atoms with Gasteiger partial charge in [-0.15, -0.1) is 6.58 Å². The van der Waals surface area contributed by atoms with Crippen LogP contribution in [0.5, 0.6) is 5.75 Å². The Morgan fingerprint density at radius 1 is 1.25 bits per heavy atom. The number of likely N-dealkylation sites (N-methyl/N-ethyl adjacent to an activating group) is 1. The number of carbonyl (C=O) groups excluding carboxylic acids is 1. The summed E-state index contributed by atoms with van der Waals surface area (Å²) in [5, 5.41) is 3.73. The Morgan fingerprint density at radius 2 is 2.00 bits per heavy atom. The minimum atomic E-state index is -3.49. The van der Waals surface area contributed by atoms with Gasteiger partial charge in [0.05, 0.1) is 17.5 Å². The molecule has 1 unspecified atom stereocenters. The predicted molar refractivity (Wildman–Crippen MR) is 146 cm³/mol. The van der Waals surface area contributed by atoms with E-state index in [2.05, 4.69) is 28.4 Å². The van der Waals surface area contributed by atoms with Crippen LogP contribution in [0.1, 0.15) is 37.3 Å². The first kappa shape index (κ1) is 30.0. The van der Waals surface area contributed by atoms with Gasteiger partial charge in [0.15, 0.2) is 0 Å². The summed E-state index contributed by atoms with van der Waals surface area (Å²) in [7, 11) is -1.44. The lowest BCUT2D eigenvalue weighted by Gasteiger charge is -2.19. The van der Waals surface area contributed by atoms with Crippen LogP contribution in [0.2, 0.25) is 5.02 Å². The van der Waals surface area contributed by atoms with Crippen LogP contribution in [-0.4, -0.2) is 58.9 Å². The molecule has 3 rings (SSSR count). The summed E-state index contributed by atoms with van der Waals surface area (Å²) in [6.07, 6.45) is 6.44. The summed E-state index contributed by atoms with van der Waals surface area (Å²) in [5.41, 5.74) is 2.14. The number of aldehydes is 1. The lowest BCUT2D eigenvalue weighted by atomic mass is 10.1. The van der Waals surface area contributed by atoms with Gasteiger partial charge in [0.1, 0.15) is 12.0 Å². The van der Waals surface area contributed by atoms with Crippen molar-refractivity contribution in [2.24, 2.45) is 0 Å². The molecular formula is C27H38ClN3O4S. The van der Waals surface area contributed by atoms with Gasteiger partial charge >= 0.3 is 0 Å². The number of carbonyl (C=O) groups is 1. The molecule has 7 nitrogen and oxygen atoms in total. The third-order valence-corrected chi connectivity index (χ3v) is 7.30. The first-order valence-corrected chi connectivity index (χ1v) is 14.1. The van der Waals surface area contributed by atoms with Crippen LogP contribution in [0.3, 0.4) is 0 Å². The molecular weight excluding hydrogens is 498 g/mol. The van der Waals surface area contributed by atoms with Gasteiger partial charge < -0.3 is 19.7 Å².